The van der Waals surface area contributed by atoms with E-state index in [1.807, 2.05) is 52.3 Å². The van der Waals surface area contributed by atoms with Gasteiger partial charge in [-0.15, -0.1) is 0 Å². The number of H-pyrrole nitrogens is 1. The van der Waals surface area contributed by atoms with Crippen molar-refractivity contribution in [2.45, 2.75) is 56.8 Å². The predicted octanol–water partition coefficient (Wildman–Crippen LogP) is 3.36. The smallest absolute Gasteiger partial charge is 0.410 e. The van der Waals surface area contributed by atoms with E-state index in [-0.39, 0.29) is 18.0 Å². The maximum Gasteiger partial charge on any atom is 0.410 e. The molecule has 46 heavy (non-hydrogen) atoms. The van der Waals surface area contributed by atoms with E-state index < -0.39 is 12.2 Å². The zero-order chi connectivity index (χ0) is 31.6. The van der Waals surface area contributed by atoms with Crippen LogP contribution in [0.1, 0.15) is 36.8 Å². The molecule has 244 valence electrons. The van der Waals surface area contributed by atoms with E-state index in [4.69, 9.17) is 4.74 Å². The van der Waals surface area contributed by atoms with E-state index in [0.29, 0.717) is 58.0 Å². The molecule has 4 amide bonds. The second-order valence-corrected chi connectivity index (χ2v) is 13.2. The Bertz CT molecular complexity index is 1550. The maximum atomic E-state index is 14.0. The number of hydrogen-bond donors (Lipinski definition) is 2. The molecule has 0 radical (unpaired) electrons. The van der Waals surface area contributed by atoms with E-state index >= 15 is 0 Å². The van der Waals surface area contributed by atoms with Gasteiger partial charge in [-0.05, 0) is 62.1 Å². The van der Waals surface area contributed by atoms with E-state index in [9.17, 15) is 14.4 Å². The van der Waals surface area contributed by atoms with Crippen molar-refractivity contribution in [1.29, 1.82) is 0 Å². The minimum Gasteiger partial charge on any atom is -0.436 e. The van der Waals surface area contributed by atoms with E-state index in [1.54, 1.807) is 11.1 Å². The number of amides is 4. The molecule has 4 aliphatic heterocycles. The molecule has 2 aromatic carbocycles. The van der Waals surface area contributed by atoms with Crippen molar-refractivity contribution >= 4 is 34.6 Å². The lowest BCUT2D eigenvalue weighted by molar-refractivity contribution is -0.142. The van der Waals surface area contributed by atoms with Gasteiger partial charge in [-0.1, -0.05) is 24.3 Å². The van der Waals surface area contributed by atoms with Gasteiger partial charge >= 0.3 is 12.1 Å². The summed E-state index contributed by atoms with van der Waals surface area (Å²) >= 11 is 0. The van der Waals surface area contributed by atoms with Crippen molar-refractivity contribution in [1.82, 2.24) is 34.7 Å². The minimum absolute atomic E-state index is 0.0260. The van der Waals surface area contributed by atoms with E-state index in [2.05, 4.69) is 32.4 Å². The van der Waals surface area contributed by atoms with Crippen LogP contribution in [0.15, 0.2) is 48.7 Å². The molecule has 1 atom stereocenters. The Morgan fingerprint density at radius 3 is 2.41 bits per heavy atom. The number of piperidine rings is 2. The Hall–Kier alpha value is -4.16. The average Bonchev–Trinajstić information content (AvgIpc) is 3.56. The van der Waals surface area contributed by atoms with Gasteiger partial charge in [0, 0.05) is 88.5 Å². The van der Waals surface area contributed by atoms with Crippen molar-refractivity contribution in [3.63, 3.8) is 0 Å². The largest absolute Gasteiger partial charge is 0.436 e. The number of aromatic amines is 1. The maximum absolute atomic E-state index is 14.0. The first kappa shape index (κ1) is 30.5. The third-order valence-electron chi connectivity index (χ3n) is 10.3. The summed E-state index contributed by atoms with van der Waals surface area (Å²) in [6.45, 7) is 7.11. The number of carbonyl (C=O) groups is 3. The van der Waals surface area contributed by atoms with Gasteiger partial charge in [0.15, 0.2) is 6.10 Å². The Balaban J connectivity index is 0.989. The summed E-state index contributed by atoms with van der Waals surface area (Å²) in [6.07, 6.45) is 3.84. The number of aromatic nitrogens is 2. The van der Waals surface area contributed by atoms with Crippen LogP contribution in [0.25, 0.3) is 10.9 Å². The Morgan fingerprint density at radius 2 is 1.63 bits per heavy atom. The standard InChI is InChI=1S/C34H44N8O4/c1-38-16-18-39(19-17-38)27-8-12-40(13-9-27)32(43)31(21-24-6-7-30-26(20-24)22-35-37-30)46-34(45)41-14-10-28(11-15-41)42-23-25-4-2-3-5-29(25)36-33(42)44/h2-7,20,22,27-28,31H,8-19,21,23H2,1H3,(H,35,37)(H,36,44). The lowest BCUT2D eigenvalue weighted by atomic mass is 10.00. The summed E-state index contributed by atoms with van der Waals surface area (Å²) in [5.74, 6) is -0.129. The predicted molar refractivity (Wildman–Crippen MR) is 174 cm³/mol. The number of rotatable bonds is 6. The Kier molecular flexibility index (Phi) is 8.81. The number of ether oxygens (including phenoxy) is 1. The van der Waals surface area contributed by atoms with Gasteiger partial charge in [-0.3, -0.25) is 14.8 Å². The second kappa shape index (κ2) is 13.3. The number of urea groups is 1. The average molecular weight is 629 g/mol. The Morgan fingerprint density at radius 1 is 0.913 bits per heavy atom. The van der Waals surface area contributed by atoms with Gasteiger partial charge < -0.3 is 29.7 Å². The number of nitrogens with one attached hydrogen (secondary N) is 2. The molecule has 1 unspecified atom stereocenters. The van der Waals surface area contributed by atoms with E-state index in [1.165, 1.54) is 0 Å². The molecular weight excluding hydrogens is 584 g/mol. The zero-order valence-corrected chi connectivity index (χ0v) is 26.6. The van der Waals surface area contributed by atoms with Gasteiger partial charge in [-0.25, -0.2) is 9.59 Å². The fourth-order valence-electron chi connectivity index (χ4n) is 7.43. The van der Waals surface area contributed by atoms with Gasteiger partial charge in [0.2, 0.25) is 0 Å². The summed E-state index contributed by atoms with van der Waals surface area (Å²) in [7, 11) is 2.17. The van der Waals surface area contributed by atoms with Gasteiger partial charge in [0.05, 0.1) is 11.7 Å². The molecule has 5 heterocycles. The normalized spacial score (nSPS) is 21.2. The van der Waals surface area contributed by atoms with E-state index in [0.717, 1.165) is 66.7 Å². The molecule has 3 fully saturated rings. The van der Waals surface area contributed by atoms with Crippen LogP contribution in [-0.2, 0) is 22.5 Å². The zero-order valence-electron chi connectivity index (χ0n) is 26.6. The number of nitrogens with zero attached hydrogens (tertiary/aromatic N) is 6. The first-order valence-electron chi connectivity index (χ1n) is 16.7. The van der Waals surface area contributed by atoms with Crippen LogP contribution in [0, 0.1) is 0 Å². The summed E-state index contributed by atoms with van der Waals surface area (Å²) in [5.41, 5.74) is 3.79. The molecule has 0 bridgehead atoms. The number of fused-ring (bicyclic) bond motifs is 2. The summed E-state index contributed by atoms with van der Waals surface area (Å²) in [4.78, 5) is 50.8. The third-order valence-corrected chi connectivity index (χ3v) is 10.3. The van der Waals surface area contributed by atoms with Crippen LogP contribution >= 0.6 is 0 Å². The first-order chi connectivity index (χ1) is 22.4. The third kappa shape index (κ3) is 6.54. The molecule has 12 heteroatoms. The summed E-state index contributed by atoms with van der Waals surface area (Å²) in [5, 5.41) is 11.0. The lowest BCUT2D eigenvalue weighted by Crippen LogP contribution is -2.54. The number of hydrogen-bond acceptors (Lipinski definition) is 7. The molecule has 2 N–H and O–H groups in total. The van der Waals surface area contributed by atoms with Gasteiger partial charge in [0.25, 0.3) is 5.91 Å². The molecule has 1 aromatic heterocycles. The SMILES string of the molecule is CN1CCN(C2CCN(C(=O)C(Cc3ccc4[nH]ncc4c3)OC(=O)N3CCC(N4Cc5ccccc5NC4=O)CC3)CC2)CC1. The van der Waals surface area contributed by atoms with Crippen molar-refractivity contribution in [3.05, 3.63) is 59.8 Å². The van der Waals surface area contributed by atoms with Crippen LogP contribution in [0.3, 0.4) is 0 Å². The number of likely N-dealkylation sites (tertiary alicyclic amines) is 2. The number of para-hydroxylation sites is 1. The number of piperazine rings is 1. The van der Waals surface area contributed by atoms with Crippen molar-refractivity contribution in [2.75, 3.05) is 64.7 Å². The fraction of sp³-hybridized carbons (Fsp3) is 0.529. The van der Waals surface area contributed by atoms with Crippen LogP contribution in [-0.4, -0.2) is 130 Å². The highest BCUT2D eigenvalue weighted by Crippen LogP contribution is 2.28. The molecule has 0 aliphatic carbocycles. The highest BCUT2D eigenvalue weighted by Gasteiger charge is 2.37. The second-order valence-electron chi connectivity index (χ2n) is 13.2. The van der Waals surface area contributed by atoms with Crippen LogP contribution < -0.4 is 5.32 Å². The number of benzene rings is 2. The van der Waals surface area contributed by atoms with Crippen molar-refractivity contribution < 1.29 is 19.1 Å². The van der Waals surface area contributed by atoms with Gasteiger partial charge in [-0.2, -0.15) is 5.10 Å². The number of carbonyl (C=O) groups excluding carboxylic acids is 3. The lowest BCUT2D eigenvalue weighted by Gasteiger charge is -2.42. The first-order valence-corrected chi connectivity index (χ1v) is 16.7. The van der Waals surface area contributed by atoms with Crippen LogP contribution in [0.4, 0.5) is 15.3 Å². The van der Waals surface area contributed by atoms with Crippen LogP contribution in [0.5, 0.6) is 0 Å². The summed E-state index contributed by atoms with van der Waals surface area (Å²) in [6, 6.07) is 14.2. The molecule has 3 saturated heterocycles. The molecule has 7 rings (SSSR count). The Labute approximate surface area is 269 Å². The number of anilines is 1. The quantitative estimate of drug-likeness (QED) is 0.430. The summed E-state index contributed by atoms with van der Waals surface area (Å²) < 4.78 is 6.07. The molecule has 3 aromatic rings. The highest BCUT2D eigenvalue weighted by atomic mass is 16.6. The fourth-order valence-corrected chi connectivity index (χ4v) is 7.43. The highest BCUT2D eigenvalue weighted by molar-refractivity contribution is 5.92. The van der Waals surface area contributed by atoms with Crippen LogP contribution in [0.2, 0.25) is 0 Å². The molecular formula is C34H44N8O4. The molecule has 0 spiro atoms. The minimum atomic E-state index is -0.917. The molecule has 4 aliphatic rings. The van der Waals surface area contributed by atoms with Gasteiger partial charge in [0.1, 0.15) is 0 Å². The number of likely N-dealkylation sites (N-methyl/N-ethyl adjacent to an activating group) is 1. The van der Waals surface area contributed by atoms with Crippen molar-refractivity contribution in [2.24, 2.45) is 0 Å². The molecule has 12 nitrogen and oxygen atoms in total. The topological polar surface area (TPSA) is 117 Å². The monoisotopic (exact) mass is 628 g/mol. The van der Waals surface area contributed by atoms with Crippen molar-refractivity contribution in [3.8, 4) is 0 Å². The molecule has 0 saturated carbocycles.